The van der Waals surface area contributed by atoms with E-state index in [1.807, 2.05) is 12.1 Å². The highest BCUT2D eigenvalue weighted by molar-refractivity contribution is 6.33. The van der Waals surface area contributed by atoms with Crippen LogP contribution in [0.5, 0.6) is 5.75 Å². The number of carbonyl (C=O) groups excluding carboxylic acids is 1. The maximum Gasteiger partial charge on any atom is 0.255 e. The van der Waals surface area contributed by atoms with Crippen LogP contribution < -0.4 is 20.7 Å². The first-order chi connectivity index (χ1) is 12.6. The summed E-state index contributed by atoms with van der Waals surface area (Å²) in [6.07, 6.45) is 1.75. The minimum atomic E-state index is -0.291. The summed E-state index contributed by atoms with van der Waals surface area (Å²) in [7, 11) is 1.48. The summed E-state index contributed by atoms with van der Waals surface area (Å²) >= 11 is 6.04. The van der Waals surface area contributed by atoms with Crippen molar-refractivity contribution < 1.29 is 14.3 Å². The Morgan fingerprint density at radius 1 is 1.36 bits per heavy atom. The highest BCUT2D eigenvalue weighted by Crippen LogP contribution is 2.29. The molecular formula is C18H23Cl3N4O3. The van der Waals surface area contributed by atoms with Crippen LogP contribution in [0.25, 0.3) is 0 Å². The number of nitrogens with two attached hydrogens (primary N) is 1. The van der Waals surface area contributed by atoms with E-state index in [9.17, 15) is 4.79 Å². The number of nitrogen functional groups attached to an aromatic ring is 1. The van der Waals surface area contributed by atoms with E-state index in [1.165, 1.54) is 13.2 Å². The van der Waals surface area contributed by atoms with Gasteiger partial charge in [0, 0.05) is 37.5 Å². The molecule has 3 rings (SSSR count). The molecule has 1 amide bonds. The normalized spacial score (nSPS) is 13.1. The number of halogens is 3. The van der Waals surface area contributed by atoms with Crippen molar-refractivity contribution in [3.8, 4) is 5.75 Å². The van der Waals surface area contributed by atoms with E-state index in [1.54, 1.807) is 12.3 Å². The van der Waals surface area contributed by atoms with Gasteiger partial charge in [-0.1, -0.05) is 17.7 Å². The van der Waals surface area contributed by atoms with Crippen molar-refractivity contribution in [1.82, 2.24) is 10.3 Å². The SMILES string of the molecule is COc1cc(N)c(Cl)cc1C(=O)NCc1cccnc1N1CCOCC1.Cl.Cl. The van der Waals surface area contributed by atoms with E-state index in [0.717, 1.165) is 24.5 Å². The third-order valence-electron chi connectivity index (χ3n) is 4.18. The molecule has 2 heterocycles. The Hall–Kier alpha value is -1.93. The molecule has 3 N–H and O–H groups in total. The molecule has 0 atom stereocenters. The summed E-state index contributed by atoms with van der Waals surface area (Å²) in [4.78, 5) is 19.2. The van der Waals surface area contributed by atoms with Crippen LogP contribution in [0.1, 0.15) is 15.9 Å². The number of aromatic nitrogens is 1. The van der Waals surface area contributed by atoms with Crippen LogP contribution >= 0.6 is 36.4 Å². The zero-order valence-corrected chi connectivity index (χ0v) is 17.7. The number of hydrogen-bond acceptors (Lipinski definition) is 6. The maximum absolute atomic E-state index is 12.6. The number of nitrogens with one attached hydrogen (secondary N) is 1. The van der Waals surface area contributed by atoms with Crippen molar-refractivity contribution in [3.05, 3.63) is 46.6 Å². The van der Waals surface area contributed by atoms with Crippen molar-refractivity contribution in [1.29, 1.82) is 0 Å². The summed E-state index contributed by atoms with van der Waals surface area (Å²) in [5.41, 5.74) is 7.40. The minimum absolute atomic E-state index is 0. The van der Waals surface area contributed by atoms with Crippen LogP contribution in [-0.4, -0.2) is 44.3 Å². The Morgan fingerprint density at radius 3 is 2.75 bits per heavy atom. The van der Waals surface area contributed by atoms with Crippen molar-refractivity contribution >= 4 is 53.8 Å². The standard InChI is InChI=1S/C18H21ClN4O3.2ClH/c1-25-16-10-15(20)14(19)9-13(16)18(24)22-11-12-3-2-4-21-17(12)23-5-7-26-8-6-23;;/h2-4,9-10H,5-8,11,20H2,1H3,(H,22,24);2*1H. The predicted molar refractivity (Wildman–Crippen MR) is 115 cm³/mol. The van der Waals surface area contributed by atoms with Gasteiger partial charge in [-0.25, -0.2) is 4.98 Å². The van der Waals surface area contributed by atoms with Gasteiger partial charge in [0.1, 0.15) is 11.6 Å². The Morgan fingerprint density at radius 2 is 2.07 bits per heavy atom. The second kappa shape index (κ2) is 11.2. The molecule has 0 saturated carbocycles. The first-order valence-electron chi connectivity index (χ1n) is 8.28. The molecule has 7 nitrogen and oxygen atoms in total. The first kappa shape index (κ1) is 24.1. The van der Waals surface area contributed by atoms with Gasteiger partial charge in [-0.3, -0.25) is 4.79 Å². The zero-order valence-electron chi connectivity index (χ0n) is 15.3. The quantitative estimate of drug-likeness (QED) is 0.682. The molecule has 1 fully saturated rings. The molecule has 0 radical (unpaired) electrons. The molecule has 28 heavy (non-hydrogen) atoms. The van der Waals surface area contributed by atoms with E-state index < -0.39 is 0 Å². The van der Waals surface area contributed by atoms with Crippen molar-refractivity contribution in [2.45, 2.75) is 6.54 Å². The number of ether oxygens (including phenoxy) is 2. The lowest BCUT2D eigenvalue weighted by molar-refractivity contribution is 0.0947. The molecule has 2 aromatic rings. The van der Waals surface area contributed by atoms with Gasteiger partial charge in [0.05, 0.1) is 36.6 Å². The van der Waals surface area contributed by atoms with E-state index in [2.05, 4.69) is 15.2 Å². The number of hydrogen-bond donors (Lipinski definition) is 2. The third kappa shape index (κ3) is 5.54. The highest BCUT2D eigenvalue weighted by atomic mass is 35.5. The fraction of sp³-hybridized carbons (Fsp3) is 0.333. The number of morpholine rings is 1. The molecule has 1 aromatic carbocycles. The van der Waals surface area contributed by atoms with Crippen molar-refractivity contribution in [2.24, 2.45) is 0 Å². The number of methoxy groups -OCH3 is 1. The van der Waals surface area contributed by atoms with Crippen molar-refractivity contribution in [2.75, 3.05) is 44.0 Å². The van der Waals surface area contributed by atoms with Gasteiger partial charge < -0.3 is 25.4 Å². The monoisotopic (exact) mass is 448 g/mol. The summed E-state index contributed by atoms with van der Waals surface area (Å²) in [6.45, 7) is 3.23. The van der Waals surface area contributed by atoms with Crippen LogP contribution in [0.3, 0.4) is 0 Å². The van der Waals surface area contributed by atoms with E-state index in [4.69, 9.17) is 26.8 Å². The number of amides is 1. The van der Waals surface area contributed by atoms with Crippen molar-refractivity contribution in [3.63, 3.8) is 0 Å². The number of carbonyl (C=O) groups is 1. The largest absolute Gasteiger partial charge is 0.496 e. The predicted octanol–water partition coefficient (Wildman–Crippen LogP) is 2.94. The number of nitrogens with zero attached hydrogens (tertiary/aromatic N) is 2. The Bertz CT molecular complexity index is 802. The molecule has 0 spiro atoms. The Labute approximate surface area is 181 Å². The topological polar surface area (TPSA) is 89.7 Å². The maximum atomic E-state index is 12.6. The molecule has 10 heteroatoms. The van der Waals surface area contributed by atoms with Gasteiger partial charge in [-0.15, -0.1) is 24.8 Å². The average Bonchev–Trinajstić information content (AvgIpc) is 2.68. The fourth-order valence-corrected chi connectivity index (χ4v) is 2.98. The van der Waals surface area contributed by atoms with E-state index >= 15 is 0 Å². The summed E-state index contributed by atoms with van der Waals surface area (Å²) < 4.78 is 10.6. The number of rotatable bonds is 5. The van der Waals surface area contributed by atoms with Crippen LogP contribution in [0, 0.1) is 0 Å². The second-order valence-electron chi connectivity index (χ2n) is 5.84. The molecular weight excluding hydrogens is 427 g/mol. The number of pyridine rings is 1. The van der Waals surface area contributed by atoms with Gasteiger partial charge in [0.15, 0.2) is 0 Å². The van der Waals surface area contributed by atoms with Gasteiger partial charge in [-0.05, 0) is 12.1 Å². The minimum Gasteiger partial charge on any atom is -0.496 e. The van der Waals surface area contributed by atoms with E-state index in [-0.39, 0.29) is 30.7 Å². The van der Waals surface area contributed by atoms with Gasteiger partial charge in [0.25, 0.3) is 5.91 Å². The van der Waals surface area contributed by atoms with E-state index in [0.29, 0.717) is 41.8 Å². The highest BCUT2D eigenvalue weighted by Gasteiger charge is 2.18. The first-order valence-corrected chi connectivity index (χ1v) is 8.65. The fourth-order valence-electron chi connectivity index (χ4n) is 2.81. The van der Waals surface area contributed by atoms with Gasteiger partial charge in [-0.2, -0.15) is 0 Å². The number of benzene rings is 1. The molecule has 1 saturated heterocycles. The molecule has 1 aromatic heterocycles. The van der Waals surface area contributed by atoms with Gasteiger partial charge in [0.2, 0.25) is 0 Å². The number of anilines is 2. The van der Waals surface area contributed by atoms with Gasteiger partial charge >= 0.3 is 0 Å². The molecule has 1 aliphatic rings. The molecule has 154 valence electrons. The zero-order chi connectivity index (χ0) is 18.5. The Balaban J connectivity index is 0.00000196. The summed E-state index contributed by atoms with van der Waals surface area (Å²) in [6, 6.07) is 6.86. The molecule has 0 unspecified atom stereocenters. The lowest BCUT2D eigenvalue weighted by Crippen LogP contribution is -2.37. The summed E-state index contributed by atoms with van der Waals surface area (Å²) in [5.74, 6) is 0.947. The third-order valence-corrected chi connectivity index (χ3v) is 4.51. The molecule has 0 bridgehead atoms. The molecule has 0 aliphatic carbocycles. The second-order valence-corrected chi connectivity index (χ2v) is 6.25. The Kier molecular flexibility index (Phi) is 9.61. The van der Waals surface area contributed by atoms with Crippen LogP contribution in [0.4, 0.5) is 11.5 Å². The van der Waals surface area contributed by atoms with Crippen LogP contribution in [0.15, 0.2) is 30.5 Å². The average molecular weight is 450 g/mol. The lowest BCUT2D eigenvalue weighted by Gasteiger charge is -2.29. The summed E-state index contributed by atoms with van der Waals surface area (Å²) in [5, 5.41) is 3.21. The molecule has 1 aliphatic heterocycles. The van der Waals surface area contributed by atoms with Crippen LogP contribution in [0.2, 0.25) is 5.02 Å². The smallest absolute Gasteiger partial charge is 0.255 e. The van der Waals surface area contributed by atoms with Crippen LogP contribution in [-0.2, 0) is 11.3 Å². The lowest BCUT2D eigenvalue weighted by atomic mass is 10.1.